The molecule has 1 N–H and O–H groups in total. The van der Waals surface area contributed by atoms with Gasteiger partial charge in [-0.2, -0.15) is 0 Å². The van der Waals surface area contributed by atoms with Crippen molar-refractivity contribution in [3.8, 4) is 45.2 Å². The Morgan fingerprint density at radius 2 is 1.30 bits per heavy atom. The number of phenols is 1. The SMILES string of the molecule is CC(C)(C)c1cc(-c2cc(-c3cc4ccccc4cn3)cc3ccccc23)c2nc(-c3ccccc3O)n(-c3ccccc3)c2c1. The lowest BCUT2D eigenvalue weighted by Gasteiger charge is -2.22. The van der Waals surface area contributed by atoms with Crippen LogP contribution in [0.2, 0.25) is 0 Å². The topological polar surface area (TPSA) is 50.9 Å². The normalized spacial score (nSPS) is 11.9. The van der Waals surface area contributed by atoms with E-state index < -0.39 is 0 Å². The summed E-state index contributed by atoms with van der Waals surface area (Å²) in [4.78, 5) is 10.3. The number of aromatic hydroxyl groups is 1. The Balaban J connectivity index is 1.49. The van der Waals surface area contributed by atoms with E-state index >= 15 is 0 Å². The first kappa shape index (κ1) is 27.8. The zero-order valence-corrected chi connectivity index (χ0v) is 26.1. The fourth-order valence-corrected chi connectivity index (χ4v) is 6.42. The van der Waals surface area contributed by atoms with Gasteiger partial charge >= 0.3 is 0 Å². The van der Waals surface area contributed by atoms with Crippen LogP contribution in [0, 0.1) is 0 Å². The molecule has 0 aliphatic carbocycles. The highest BCUT2D eigenvalue weighted by Crippen LogP contribution is 2.43. The summed E-state index contributed by atoms with van der Waals surface area (Å²) < 4.78 is 2.18. The summed E-state index contributed by atoms with van der Waals surface area (Å²) in [6.07, 6.45) is 1.96. The molecule has 2 heterocycles. The van der Waals surface area contributed by atoms with Crippen LogP contribution in [-0.2, 0) is 5.41 Å². The first-order valence-corrected chi connectivity index (χ1v) is 15.6. The molecule has 8 aromatic rings. The average Bonchev–Trinajstić information content (AvgIpc) is 3.47. The van der Waals surface area contributed by atoms with Crippen molar-refractivity contribution < 1.29 is 5.11 Å². The second-order valence-electron chi connectivity index (χ2n) is 12.9. The van der Waals surface area contributed by atoms with Gasteiger partial charge in [-0.25, -0.2) is 4.98 Å². The lowest BCUT2D eigenvalue weighted by molar-refractivity contribution is 0.477. The van der Waals surface area contributed by atoms with Crippen molar-refractivity contribution in [3.05, 3.63) is 145 Å². The van der Waals surface area contributed by atoms with Gasteiger partial charge in [-0.15, -0.1) is 0 Å². The number of benzene rings is 6. The molecule has 0 amide bonds. The largest absolute Gasteiger partial charge is 0.507 e. The van der Waals surface area contributed by atoms with Crippen LogP contribution in [0.5, 0.6) is 5.75 Å². The first-order valence-electron chi connectivity index (χ1n) is 15.6. The highest BCUT2D eigenvalue weighted by molar-refractivity contribution is 6.07. The number of rotatable bonds is 4. The molecule has 2 aromatic heterocycles. The maximum absolute atomic E-state index is 11.0. The summed E-state index contributed by atoms with van der Waals surface area (Å²) in [5.41, 5.74) is 8.74. The van der Waals surface area contributed by atoms with Gasteiger partial charge in [0.15, 0.2) is 0 Å². The minimum absolute atomic E-state index is 0.128. The van der Waals surface area contributed by atoms with Gasteiger partial charge in [-0.1, -0.05) is 99.6 Å². The smallest absolute Gasteiger partial charge is 0.149 e. The van der Waals surface area contributed by atoms with Gasteiger partial charge in [-0.3, -0.25) is 9.55 Å². The number of nitrogens with zero attached hydrogens (tertiary/aromatic N) is 3. The van der Waals surface area contributed by atoms with Gasteiger partial charge in [0.1, 0.15) is 11.6 Å². The maximum atomic E-state index is 11.0. The summed E-state index contributed by atoms with van der Waals surface area (Å²) in [6, 6.07) is 45.9. The molecule has 0 aliphatic rings. The second-order valence-corrected chi connectivity index (χ2v) is 12.9. The Labute approximate surface area is 268 Å². The standard InChI is InChI=1S/C42H33N3O/c1-42(2,3)31-24-36(40-38(25-31)45(32-16-5-4-6-17-32)41(44-40)34-19-11-12-20-39(34)46)35-22-30(21-28-14-9-10-18-33(28)35)37-23-27-13-7-8-15-29(27)26-43-37/h4-26,46H,1-3H3. The maximum Gasteiger partial charge on any atom is 0.149 e. The van der Waals surface area contributed by atoms with E-state index in [0.717, 1.165) is 60.6 Å². The fraction of sp³-hybridized carbons (Fsp3) is 0.0952. The number of hydrogen-bond donors (Lipinski definition) is 1. The molecule has 222 valence electrons. The van der Waals surface area contributed by atoms with E-state index in [9.17, 15) is 5.11 Å². The number of aromatic nitrogens is 3. The Morgan fingerprint density at radius 3 is 2.09 bits per heavy atom. The molecule has 46 heavy (non-hydrogen) atoms. The lowest BCUT2D eigenvalue weighted by Crippen LogP contribution is -2.11. The first-order chi connectivity index (χ1) is 22.3. The van der Waals surface area contributed by atoms with E-state index in [2.05, 4.69) is 110 Å². The molecule has 6 aromatic carbocycles. The van der Waals surface area contributed by atoms with Crippen LogP contribution in [0.4, 0.5) is 0 Å². The molecule has 4 nitrogen and oxygen atoms in total. The third kappa shape index (κ3) is 4.70. The van der Waals surface area contributed by atoms with Gasteiger partial charge in [0.25, 0.3) is 0 Å². The molecule has 8 rings (SSSR count). The van der Waals surface area contributed by atoms with Gasteiger partial charge < -0.3 is 5.11 Å². The molecular formula is C42H33N3O. The summed E-state index contributed by atoms with van der Waals surface area (Å²) in [5.74, 6) is 0.894. The molecule has 0 saturated heterocycles. The van der Waals surface area contributed by atoms with E-state index in [1.165, 1.54) is 5.56 Å². The second kappa shape index (κ2) is 10.7. The number of pyridine rings is 1. The zero-order valence-electron chi connectivity index (χ0n) is 26.1. The van der Waals surface area contributed by atoms with Crippen LogP contribution < -0.4 is 0 Å². The quantitative estimate of drug-likeness (QED) is 0.220. The molecule has 4 heteroatoms. The summed E-state index contributed by atoms with van der Waals surface area (Å²) in [6.45, 7) is 6.75. The van der Waals surface area contributed by atoms with Gasteiger partial charge in [0.2, 0.25) is 0 Å². The van der Waals surface area contributed by atoms with Crippen molar-refractivity contribution in [2.45, 2.75) is 26.2 Å². The van der Waals surface area contributed by atoms with Crippen LogP contribution in [-0.4, -0.2) is 19.6 Å². The van der Waals surface area contributed by atoms with Crippen molar-refractivity contribution in [3.63, 3.8) is 0 Å². The van der Waals surface area contributed by atoms with E-state index in [0.29, 0.717) is 11.4 Å². The van der Waals surface area contributed by atoms with E-state index in [-0.39, 0.29) is 11.2 Å². The fourth-order valence-electron chi connectivity index (χ4n) is 6.42. The van der Waals surface area contributed by atoms with Gasteiger partial charge in [0.05, 0.1) is 22.3 Å². The molecule has 0 radical (unpaired) electrons. The zero-order chi connectivity index (χ0) is 31.4. The van der Waals surface area contributed by atoms with Crippen molar-refractivity contribution in [1.82, 2.24) is 14.5 Å². The van der Waals surface area contributed by atoms with Crippen molar-refractivity contribution >= 4 is 32.6 Å². The Hall–Kier alpha value is -5.74. The van der Waals surface area contributed by atoms with E-state index in [4.69, 9.17) is 9.97 Å². The molecule has 0 saturated carbocycles. The van der Waals surface area contributed by atoms with Crippen molar-refractivity contribution in [2.75, 3.05) is 0 Å². The van der Waals surface area contributed by atoms with Crippen LogP contribution in [0.25, 0.3) is 72.0 Å². The Morgan fingerprint density at radius 1 is 0.609 bits per heavy atom. The molecule has 0 aliphatic heterocycles. The summed E-state index contributed by atoms with van der Waals surface area (Å²) >= 11 is 0. The van der Waals surface area contributed by atoms with Crippen LogP contribution in [0.15, 0.2) is 140 Å². The van der Waals surface area contributed by atoms with Gasteiger partial charge in [0, 0.05) is 28.4 Å². The third-order valence-electron chi connectivity index (χ3n) is 8.86. The molecule has 0 fully saturated rings. The van der Waals surface area contributed by atoms with Crippen LogP contribution in [0.1, 0.15) is 26.3 Å². The van der Waals surface area contributed by atoms with Crippen LogP contribution in [0.3, 0.4) is 0 Å². The van der Waals surface area contributed by atoms with Crippen molar-refractivity contribution in [1.29, 1.82) is 0 Å². The number of hydrogen-bond acceptors (Lipinski definition) is 3. The number of para-hydroxylation sites is 2. The summed E-state index contributed by atoms with van der Waals surface area (Å²) in [7, 11) is 0. The summed E-state index contributed by atoms with van der Waals surface area (Å²) in [5, 5.41) is 15.6. The predicted octanol–water partition coefficient (Wildman–Crippen LogP) is 10.7. The minimum atomic E-state index is -0.128. The Bertz CT molecular complexity index is 2420. The number of fused-ring (bicyclic) bond motifs is 3. The highest BCUT2D eigenvalue weighted by Gasteiger charge is 2.24. The van der Waals surface area contributed by atoms with Crippen molar-refractivity contribution in [2.24, 2.45) is 0 Å². The monoisotopic (exact) mass is 595 g/mol. The average molecular weight is 596 g/mol. The molecular weight excluding hydrogens is 562 g/mol. The van der Waals surface area contributed by atoms with E-state index in [1.54, 1.807) is 6.07 Å². The molecule has 0 spiro atoms. The van der Waals surface area contributed by atoms with Gasteiger partial charge in [-0.05, 0) is 87.3 Å². The molecule has 0 atom stereocenters. The highest BCUT2D eigenvalue weighted by atomic mass is 16.3. The Kier molecular flexibility index (Phi) is 6.47. The lowest BCUT2D eigenvalue weighted by atomic mass is 9.84. The minimum Gasteiger partial charge on any atom is -0.507 e. The predicted molar refractivity (Wildman–Crippen MR) is 191 cm³/mol. The van der Waals surface area contributed by atoms with Crippen LogP contribution >= 0.6 is 0 Å². The number of imidazole rings is 1. The number of phenolic OH excluding ortho intramolecular Hbond substituents is 1. The molecule has 0 unspecified atom stereocenters. The molecule has 0 bridgehead atoms. The van der Waals surface area contributed by atoms with E-state index in [1.807, 2.05) is 48.7 Å². The third-order valence-corrected chi connectivity index (χ3v) is 8.86.